The molecule has 1 fully saturated rings. The van der Waals surface area contributed by atoms with Gasteiger partial charge in [0, 0.05) is 24.5 Å². The van der Waals surface area contributed by atoms with Gasteiger partial charge in [-0.2, -0.15) is 0 Å². The summed E-state index contributed by atoms with van der Waals surface area (Å²) in [6, 6.07) is 17.9. The fraction of sp³-hybridized carbons (Fsp3) is 0.160. The number of hydrogen-bond acceptors (Lipinski definition) is 4. The standard InChI is InChI=1S/C25H22N2O3/c1-16-5-9-19(10-6-16)22-21(23(28)20-11-7-17(2)8-12-20)24(29)25(30)27(22)15-18-4-3-13-26-14-18/h3-14,22,28H,15H2,1-2H3/b23-21+/t22-/m1/s1. The van der Waals surface area contributed by atoms with Gasteiger partial charge < -0.3 is 10.0 Å². The van der Waals surface area contributed by atoms with Crippen LogP contribution >= 0.6 is 0 Å². The average Bonchev–Trinajstić information content (AvgIpc) is 3.00. The molecule has 1 amide bonds. The van der Waals surface area contributed by atoms with Gasteiger partial charge >= 0.3 is 0 Å². The fourth-order valence-electron chi connectivity index (χ4n) is 3.69. The highest BCUT2D eigenvalue weighted by Gasteiger charge is 2.46. The Kier molecular flexibility index (Phi) is 5.19. The van der Waals surface area contributed by atoms with Crippen molar-refractivity contribution in [2.45, 2.75) is 26.4 Å². The Labute approximate surface area is 175 Å². The molecule has 1 aliphatic rings. The van der Waals surface area contributed by atoms with E-state index in [4.69, 9.17) is 0 Å². The van der Waals surface area contributed by atoms with Gasteiger partial charge in [-0.15, -0.1) is 0 Å². The Morgan fingerprint density at radius 2 is 1.60 bits per heavy atom. The number of benzene rings is 2. The first kappa shape index (κ1) is 19.6. The Morgan fingerprint density at radius 3 is 2.20 bits per heavy atom. The summed E-state index contributed by atoms with van der Waals surface area (Å²) in [5, 5.41) is 11.0. The smallest absolute Gasteiger partial charge is 0.295 e. The number of amides is 1. The van der Waals surface area contributed by atoms with Crippen LogP contribution in [0.2, 0.25) is 0 Å². The third-order valence-electron chi connectivity index (χ3n) is 5.33. The van der Waals surface area contributed by atoms with Crippen molar-refractivity contribution in [3.63, 3.8) is 0 Å². The Bertz CT molecular complexity index is 1120. The summed E-state index contributed by atoms with van der Waals surface area (Å²) in [5.41, 5.74) is 4.32. The lowest BCUT2D eigenvalue weighted by molar-refractivity contribution is -0.140. The second-order valence-corrected chi connectivity index (χ2v) is 7.56. The first-order valence-corrected chi connectivity index (χ1v) is 9.76. The molecule has 1 N–H and O–H groups in total. The molecule has 0 spiro atoms. The number of likely N-dealkylation sites (tertiary alicyclic amines) is 1. The second-order valence-electron chi connectivity index (χ2n) is 7.56. The zero-order chi connectivity index (χ0) is 21.3. The van der Waals surface area contributed by atoms with Gasteiger partial charge in [-0.3, -0.25) is 14.6 Å². The maximum Gasteiger partial charge on any atom is 0.295 e. The van der Waals surface area contributed by atoms with E-state index in [-0.39, 0.29) is 17.9 Å². The molecule has 1 atom stereocenters. The average molecular weight is 398 g/mol. The lowest BCUT2D eigenvalue weighted by Gasteiger charge is -2.25. The van der Waals surface area contributed by atoms with Crippen molar-refractivity contribution in [3.05, 3.63) is 106 Å². The number of ketones is 1. The maximum absolute atomic E-state index is 13.0. The summed E-state index contributed by atoms with van der Waals surface area (Å²) in [5.74, 6) is -1.46. The topological polar surface area (TPSA) is 70.5 Å². The number of aromatic nitrogens is 1. The van der Waals surface area contributed by atoms with Gasteiger partial charge in [-0.25, -0.2) is 0 Å². The van der Waals surface area contributed by atoms with Crippen LogP contribution in [0.1, 0.15) is 33.9 Å². The minimum absolute atomic E-state index is 0.108. The van der Waals surface area contributed by atoms with E-state index in [1.807, 2.05) is 56.3 Å². The molecule has 0 saturated carbocycles. The van der Waals surface area contributed by atoms with E-state index in [0.717, 1.165) is 22.3 Å². The lowest BCUT2D eigenvalue weighted by atomic mass is 9.94. The third kappa shape index (κ3) is 3.62. The second kappa shape index (κ2) is 7.95. The summed E-state index contributed by atoms with van der Waals surface area (Å²) in [6.45, 7) is 4.15. The third-order valence-corrected chi connectivity index (χ3v) is 5.33. The monoisotopic (exact) mass is 398 g/mol. The highest BCUT2D eigenvalue weighted by atomic mass is 16.3. The van der Waals surface area contributed by atoms with Gasteiger partial charge in [-0.05, 0) is 31.0 Å². The van der Waals surface area contributed by atoms with Crippen LogP contribution in [0.4, 0.5) is 0 Å². The van der Waals surface area contributed by atoms with Crippen LogP contribution in [0.15, 0.2) is 78.6 Å². The molecule has 3 aromatic rings. The minimum Gasteiger partial charge on any atom is -0.507 e. The predicted molar refractivity (Wildman–Crippen MR) is 114 cm³/mol. The molecule has 1 saturated heterocycles. The van der Waals surface area contributed by atoms with E-state index >= 15 is 0 Å². The molecule has 1 aromatic heterocycles. The van der Waals surface area contributed by atoms with Crippen molar-refractivity contribution in [1.29, 1.82) is 0 Å². The molecular formula is C25H22N2O3. The maximum atomic E-state index is 13.0. The Balaban J connectivity index is 1.85. The normalized spacial score (nSPS) is 18.1. The Hall–Kier alpha value is -3.73. The highest BCUT2D eigenvalue weighted by molar-refractivity contribution is 6.46. The zero-order valence-corrected chi connectivity index (χ0v) is 16.9. The van der Waals surface area contributed by atoms with Crippen molar-refractivity contribution in [3.8, 4) is 0 Å². The molecule has 5 heteroatoms. The number of carbonyl (C=O) groups excluding carboxylic acids is 2. The van der Waals surface area contributed by atoms with E-state index < -0.39 is 17.7 Å². The summed E-state index contributed by atoms with van der Waals surface area (Å²) in [7, 11) is 0. The van der Waals surface area contributed by atoms with Gasteiger partial charge in [0.05, 0.1) is 11.6 Å². The fourth-order valence-corrected chi connectivity index (χ4v) is 3.69. The van der Waals surface area contributed by atoms with Gasteiger partial charge in [0.25, 0.3) is 11.7 Å². The number of hydrogen-bond donors (Lipinski definition) is 1. The zero-order valence-electron chi connectivity index (χ0n) is 16.9. The first-order chi connectivity index (χ1) is 14.5. The number of carbonyl (C=O) groups is 2. The highest BCUT2D eigenvalue weighted by Crippen LogP contribution is 2.40. The van der Waals surface area contributed by atoms with Gasteiger partial charge in [0.15, 0.2) is 0 Å². The van der Waals surface area contributed by atoms with E-state index in [2.05, 4.69) is 4.98 Å². The summed E-state index contributed by atoms with van der Waals surface area (Å²) >= 11 is 0. The number of aryl methyl sites for hydroxylation is 2. The van der Waals surface area contributed by atoms with Crippen LogP contribution in [0, 0.1) is 13.8 Å². The molecule has 5 nitrogen and oxygen atoms in total. The molecule has 2 heterocycles. The predicted octanol–water partition coefficient (Wildman–Crippen LogP) is 4.32. The van der Waals surface area contributed by atoms with Crippen LogP contribution < -0.4 is 0 Å². The van der Waals surface area contributed by atoms with Crippen LogP contribution in [0.3, 0.4) is 0 Å². The molecule has 150 valence electrons. The summed E-state index contributed by atoms with van der Waals surface area (Å²) < 4.78 is 0. The van der Waals surface area contributed by atoms with Gasteiger partial charge in [0.2, 0.25) is 0 Å². The molecular weight excluding hydrogens is 376 g/mol. The van der Waals surface area contributed by atoms with Crippen molar-refractivity contribution in [2.75, 3.05) is 0 Å². The number of aliphatic hydroxyl groups is 1. The number of rotatable bonds is 4. The van der Waals surface area contributed by atoms with E-state index in [1.54, 1.807) is 30.6 Å². The summed E-state index contributed by atoms with van der Waals surface area (Å²) in [4.78, 5) is 31.6. The molecule has 2 aromatic carbocycles. The van der Waals surface area contributed by atoms with Crippen molar-refractivity contribution >= 4 is 17.4 Å². The first-order valence-electron chi connectivity index (χ1n) is 9.76. The van der Waals surface area contributed by atoms with Crippen molar-refractivity contribution in [1.82, 2.24) is 9.88 Å². The molecule has 4 rings (SSSR count). The Morgan fingerprint density at radius 1 is 0.967 bits per heavy atom. The van der Waals surface area contributed by atoms with Gasteiger partial charge in [-0.1, -0.05) is 65.7 Å². The van der Waals surface area contributed by atoms with E-state index in [1.165, 1.54) is 4.90 Å². The molecule has 1 aliphatic heterocycles. The summed E-state index contributed by atoms with van der Waals surface area (Å²) in [6.07, 6.45) is 3.33. The number of Topliss-reactive ketones (excluding diaryl/α,β-unsaturated/α-hetero) is 1. The number of pyridine rings is 1. The van der Waals surface area contributed by atoms with Crippen LogP contribution in [-0.4, -0.2) is 26.7 Å². The minimum atomic E-state index is -0.678. The van der Waals surface area contributed by atoms with Crippen LogP contribution in [0.5, 0.6) is 0 Å². The molecule has 0 bridgehead atoms. The van der Waals surface area contributed by atoms with Crippen LogP contribution in [0.25, 0.3) is 5.76 Å². The van der Waals surface area contributed by atoms with Crippen molar-refractivity contribution < 1.29 is 14.7 Å². The van der Waals surface area contributed by atoms with Crippen molar-refractivity contribution in [2.24, 2.45) is 0 Å². The number of aliphatic hydroxyl groups excluding tert-OH is 1. The molecule has 0 radical (unpaired) electrons. The molecule has 0 aliphatic carbocycles. The SMILES string of the molecule is Cc1ccc(/C(O)=C2\C(=O)C(=O)N(Cc3cccnc3)[C@@H]2c2ccc(C)cc2)cc1. The van der Waals surface area contributed by atoms with E-state index in [0.29, 0.717) is 5.56 Å². The quantitative estimate of drug-likeness (QED) is 0.404. The van der Waals surface area contributed by atoms with Gasteiger partial charge in [0.1, 0.15) is 5.76 Å². The number of nitrogens with zero attached hydrogens (tertiary/aromatic N) is 2. The van der Waals surface area contributed by atoms with E-state index in [9.17, 15) is 14.7 Å². The van der Waals surface area contributed by atoms with Crippen LogP contribution in [-0.2, 0) is 16.1 Å². The molecule has 30 heavy (non-hydrogen) atoms. The molecule has 0 unspecified atom stereocenters. The lowest BCUT2D eigenvalue weighted by Crippen LogP contribution is -2.29. The largest absolute Gasteiger partial charge is 0.507 e.